The molecule has 0 spiro atoms. The number of hydrogen-bond acceptors (Lipinski definition) is 4. The van der Waals surface area contributed by atoms with Crippen molar-refractivity contribution in [2.24, 2.45) is 0 Å². The van der Waals surface area contributed by atoms with Crippen molar-refractivity contribution in [3.8, 4) is 0 Å². The SMILES string of the molecule is CCC(=O)c1csc([N+](=O)[O-])c1. The number of Topliss-reactive ketones (excluding diaryl/α,β-unsaturated/α-hetero) is 1. The summed E-state index contributed by atoms with van der Waals surface area (Å²) in [6.45, 7) is 1.73. The van der Waals surface area contributed by atoms with E-state index in [9.17, 15) is 14.9 Å². The lowest BCUT2D eigenvalue weighted by Gasteiger charge is -1.86. The van der Waals surface area contributed by atoms with Crippen LogP contribution in [0.4, 0.5) is 5.00 Å². The van der Waals surface area contributed by atoms with Gasteiger partial charge in [-0.2, -0.15) is 0 Å². The summed E-state index contributed by atoms with van der Waals surface area (Å²) in [7, 11) is 0. The summed E-state index contributed by atoms with van der Waals surface area (Å²) < 4.78 is 0. The highest BCUT2D eigenvalue weighted by Gasteiger charge is 2.12. The second-order valence-electron chi connectivity index (χ2n) is 2.21. The fourth-order valence-corrected chi connectivity index (χ4v) is 1.50. The van der Waals surface area contributed by atoms with Gasteiger partial charge in [-0.05, 0) is 0 Å². The van der Waals surface area contributed by atoms with E-state index in [2.05, 4.69) is 0 Å². The van der Waals surface area contributed by atoms with Crippen LogP contribution in [-0.4, -0.2) is 10.7 Å². The maximum absolute atomic E-state index is 11.0. The highest BCUT2D eigenvalue weighted by molar-refractivity contribution is 7.13. The molecule has 0 aliphatic rings. The third-order valence-corrected chi connectivity index (χ3v) is 2.29. The highest BCUT2D eigenvalue weighted by Crippen LogP contribution is 2.23. The minimum Gasteiger partial charge on any atom is -0.294 e. The van der Waals surface area contributed by atoms with E-state index < -0.39 is 4.92 Å². The van der Waals surface area contributed by atoms with E-state index in [-0.39, 0.29) is 10.8 Å². The third kappa shape index (κ3) is 1.68. The Labute approximate surface area is 73.0 Å². The minimum absolute atomic E-state index is 0.0202. The molecule has 0 unspecified atom stereocenters. The van der Waals surface area contributed by atoms with Gasteiger partial charge in [0, 0.05) is 23.4 Å². The Bertz CT molecular complexity index is 318. The van der Waals surface area contributed by atoms with Gasteiger partial charge in [0.15, 0.2) is 5.78 Å². The summed E-state index contributed by atoms with van der Waals surface area (Å²) in [6.07, 6.45) is 0.383. The zero-order chi connectivity index (χ0) is 9.14. The van der Waals surface area contributed by atoms with Gasteiger partial charge in [0.1, 0.15) is 0 Å². The maximum Gasteiger partial charge on any atom is 0.324 e. The van der Waals surface area contributed by atoms with Crippen molar-refractivity contribution < 1.29 is 9.72 Å². The quantitative estimate of drug-likeness (QED) is 0.412. The second kappa shape index (κ2) is 3.44. The number of ketones is 1. The van der Waals surface area contributed by atoms with Crippen LogP contribution in [0.1, 0.15) is 23.7 Å². The normalized spacial score (nSPS) is 9.75. The molecule has 0 saturated heterocycles. The molecule has 1 aromatic heterocycles. The third-order valence-electron chi connectivity index (χ3n) is 1.41. The van der Waals surface area contributed by atoms with Gasteiger partial charge in [0.25, 0.3) is 0 Å². The van der Waals surface area contributed by atoms with Gasteiger partial charge >= 0.3 is 5.00 Å². The Balaban J connectivity index is 2.91. The molecule has 0 aromatic carbocycles. The molecule has 0 atom stereocenters. The van der Waals surface area contributed by atoms with Crippen LogP contribution in [0.5, 0.6) is 0 Å². The van der Waals surface area contributed by atoms with Crippen molar-refractivity contribution in [2.45, 2.75) is 13.3 Å². The molecule has 0 bridgehead atoms. The Hall–Kier alpha value is -1.23. The predicted molar refractivity (Wildman–Crippen MR) is 45.6 cm³/mol. The molecule has 1 aromatic rings. The lowest BCUT2D eigenvalue weighted by atomic mass is 10.2. The number of nitro groups is 1. The Morgan fingerprint density at radius 2 is 2.42 bits per heavy atom. The van der Waals surface area contributed by atoms with E-state index in [1.807, 2.05) is 0 Å². The molecule has 0 radical (unpaired) electrons. The fraction of sp³-hybridized carbons (Fsp3) is 0.286. The largest absolute Gasteiger partial charge is 0.324 e. The Morgan fingerprint density at radius 3 is 2.83 bits per heavy atom. The molecule has 64 valence electrons. The van der Waals surface area contributed by atoms with Gasteiger partial charge in [-0.3, -0.25) is 14.9 Å². The first-order chi connectivity index (χ1) is 5.65. The zero-order valence-electron chi connectivity index (χ0n) is 6.44. The second-order valence-corrected chi connectivity index (χ2v) is 3.10. The minimum atomic E-state index is -0.489. The Kier molecular flexibility index (Phi) is 2.54. The summed E-state index contributed by atoms with van der Waals surface area (Å²) in [6, 6.07) is 1.32. The molecular formula is C7H7NO3S. The van der Waals surface area contributed by atoms with E-state index in [0.29, 0.717) is 12.0 Å². The molecule has 0 fully saturated rings. The highest BCUT2D eigenvalue weighted by atomic mass is 32.1. The number of rotatable bonds is 3. The van der Waals surface area contributed by atoms with Crippen LogP contribution in [0.2, 0.25) is 0 Å². The maximum atomic E-state index is 11.0. The van der Waals surface area contributed by atoms with Crippen LogP contribution in [0.15, 0.2) is 11.4 Å². The number of carbonyl (C=O) groups is 1. The molecule has 0 saturated carbocycles. The molecular weight excluding hydrogens is 178 g/mol. The molecule has 0 amide bonds. The fourth-order valence-electron chi connectivity index (χ4n) is 0.771. The first-order valence-electron chi connectivity index (χ1n) is 3.41. The van der Waals surface area contributed by atoms with Crippen LogP contribution in [-0.2, 0) is 0 Å². The zero-order valence-corrected chi connectivity index (χ0v) is 7.26. The predicted octanol–water partition coefficient (Wildman–Crippen LogP) is 2.25. The molecule has 12 heavy (non-hydrogen) atoms. The van der Waals surface area contributed by atoms with Crippen molar-refractivity contribution in [1.29, 1.82) is 0 Å². The van der Waals surface area contributed by atoms with Gasteiger partial charge < -0.3 is 0 Å². The standard InChI is InChI=1S/C7H7NO3S/c1-2-6(9)5-3-7(8(10)11)12-4-5/h3-4H,2H2,1H3. The summed E-state index contributed by atoms with van der Waals surface area (Å²) in [5, 5.41) is 11.8. The van der Waals surface area contributed by atoms with Crippen LogP contribution in [0.25, 0.3) is 0 Å². The van der Waals surface area contributed by atoms with Crippen molar-refractivity contribution in [2.75, 3.05) is 0 Å². The van der Waals surface area contributed by atoms with E-state index in [1.54, 1.807) is 6.92 Å². The molecule has 0 aliphatic heterocycles. The van der Waals surface area contributed by atoms with Crippen molar-refractivity contribution in [1.82, 2.24) is 0 Å². The van der Waals surface area contributed by atoms with Gasteiger partial charge in [0.05, 0.1) is 4.92 Å². The van der Waals surface area contributed by atoms with Crippen LogP contribution in [0, 0.1) is 10.1 Å². The van der Waals surface area contributed by atoms with E-state index >= 15 is 0 Å². The summed E-state index contributed by atoms with van der Waals surface area (Å²) in [5.41, 5.74) is 0.439. The summed E-state index contributed by atoms with van der Waals surface area (Å²) >= 11 is 0.981. The summed E-state index contributed by atoms with van der Waals surface area (Å²) in [4.78, 5) is 20.8. The number of carbonyl (C=O) groups excluding carboxylic acids is 1. The topological polar surface area (TPSA) is 60.2 Å². The van der Waals surface area contributed by atoms with Crippen LogP contribution >= 0.6 is 11.3 Å². The molecule has 1 rings (SSSR count). The van der Waals surface area contributed by atoms with E-state index in [4.69, 9.17) is 0 Å². The monoisotopic (exact) mass is 185 g/mol. The summed E-state index contributed by atoms with van der Waals surface area (Å²) in [5.74, 6) is -0.0562. The average molecular weight is 185 g/mol. The molecule has 1 heterocycles. The van der Waals surface area contributed by atoms with Gasteiger partial charge in [-0.25, -0.2) is 0 Å². The van der Waals surface area contributed by atoms with Crippen molar-refractivity contribution in [3.63, 3.8) is 0 Å². The Morgan fingerprint density at radius 1 is 1.75 bits per heavy atom. The van der Waals surface area contributed by atoms with Crippen molar-refractivity contribution in [3.05, 3.63) is 27.1 Å². The molecule has 0 aliphatic carbocycles. The van der Waals surface area contributed by atoms with Crippen LogP contribution < -0.4 is 0 Å². The van der Waals surface area contributed by atoms with Gasteiger partial charge in [0.2, 0.25) is 0 Å². The van der Waals surface area contributed by atoms with Crippen molar-refractivity contribution >= 4 is 22.1 Å². The lowest BCUT2D eigenvalue weighted by molar-refractivity contribution is -0.380. The average Bonchev–Trinajstić information content (AvgIpc) is 2.51. The lowest BCUT2D eigenvalue weighted by Crippen LogP contribution is -1.92. The van der Waals surface area contributed by atoms with E-state index in [1.165, 1.54) is 11.4 Å². The molecule has 5 heteroatoms. The van der Waals surface area contributed by atoms with E-state index in [0.717, 1.165) is 11.3 Å². The van der Waals surface area contributed by atoms with Crippen LogP contribution in [0.3, 0.4) is 0 Å². The number of hydrogen-bond donors (Lipinski definition) is 0. The smallest absolute Gasteiger partial charge is 0.294 e. The van der Waals surface area contributed by atoms with Gasteiger partial charge in [-0.15, -0.1) is 0 Å². The first kappa shape index (κ1) is 8.86. The molecule has 0 N–H and O–H groups in total. The molecule has 4 nitrogen and oxygen atoms in total. The van der Waals surface area contributed by atoms with Gasteiger partial charge in [-0.1, -0.05) is 18.3 Å². The first-order valence-corrected chi connectivity index (χ1v) is 4.29. The number of nitrogens with zero attached hydrogens (tertiary/aromatic N) is 1. The number of thiophene rings is 1.